The number of hydrogen-bond acceptors (Lipinski definition) is 3. The van der Waals surface area contributed by atoms with Gasteiger partial charge < -0.3 is 10.5 Å². The number of hydrogen-bond donors (Lipinski definition) is 1. The van der Waals surface area contributed by atoms with E-state index in [0.717, 1.165) is 24.7 Å². The second-order valence-electron chi connectivity index (χ2n) is 5.08. The fourth-order valence-electron chi connectivity index (χ4n) is 2.63. The van der Waals surface area contributed by atoms with Gasteiger partial charge in [0.05, 0.1) is 0 Å². The molecular weight excluding hydrogens is 200 g/mol. The van der Waals surface area contributed by atoms with Gasteiger partial charge in [0.15, 0.2) is 0 Å². The van der Waals surface area contributed by atoms with Crippen LogP contribution in [0.3, 0.4) is 0 Å². The number of nitrogen functional groups attached to an aromatic ring is 1. The van der Waals surface area contributed by atoms with Crippen molar-refractivity contribution in [1.82, 2.24) is 4.98 Å². The van der Waals surface area contributed by atoms with Gasteiger partial charge >= 0.3 is 0 Å². The maximum Gasteiger partial charge on any atom is 0.215 e. The predicted octanol–water partition coefficient (Wildman–Crippen LogP) is 2.87. The zero-order valence-corrected chi connectivity index (χ0v) is 10.0. The monoisotopic (exact) mass is 220 g/mol. The quantitative estimate of drug-likeness (QED) is 0.833. The summed E-state index contributed by atoms with van der Waals surface area (Å²) < 4.78 is 5.89. The van der Waals surface area contributed by atoms with Crippen molar-refractivity contribution >= 4 is 5.69 Å². The lowest BCUT2D eigenvalue weighted by Crippen LogP contribution is -2.28. The van der Waals surface area contributed by atoms with E-state index < -0.39 is 0 Å². The highest BCUT2D eigenvalue weighted by atomic mass is 16.5. The molecule has 2 atom stereocenters. The van der Waals surface area contributed by atoms with Crippen LogP contribution in [0, 0.1) is 11.8 Å². The molecule has 1 aromatic rings. The van der Waals surface area contributed by atoms with Gasteiger partial charge in [-0.3, -0.25) is 0 Å². The summed E-state index contributed by atoms with van der Waals surface area (Å²) >= 11 is 0. The molecular formula is C13H20N2O. The minimum Gasteiger partial charge on any atom is -0.474 e. The summed E-state index contributed by atoms with van der Waals surface area (Å²) in [5.74, 6) is 2.15. The zero-order chi connectivity index (χ0) is 11.5. The van der Waals surface area contributed by atoms with Gasteiger partial charge in [0, 0.05) is 18.0 Å². The van der Waals surface area contributed by atoms with E-state index in [1.165, 1.54) is 6.42 Å². The number of pyridine rings is 1. The Bertz CT molecular complexity index is 344. The zero-order valence-electron chi connectivity index (χ0n) is 10.0. The third-order valence-corrected chi connectivity index (χ3v) is 3.18. The average Bonchev–Trinajstić information content (AvgIpc) is 2.15. The summed E-state index contributed by atoms with van der Waals surface area (Å²) in [4.78, 5) is 4.18. The fourth-order valence-corrected chi connectivity index (χ4v) is 2.63. The number of ether oxygens (including phenoxy) is 1. The van der Waals surface area contributed by atoms with E-state index in [0.29, 0.717) is 17.7 Å². The Labute approximate surface area is 97.0 Å². The largest absolute Gasteiger partial charge is 0.474 e. The molecule has 1 heterocycles. The number of nitrogens with zero attached hydrogens (tertiary/aromatic N) is 1. The Morgan fingerprint density at radius 1 is 1.25 bits per heavy atom. The van der Waals surface area contributed by atoms with Crippen LogP contribution in [0.5, 0.6) is 5.88 Å². The molecule has 1 aliphatic rings. The van der Waals surface area contributed by atoms with E-state index in [-0.39, 0.29) is 0 Å². The van der Waals surface area contributed by atoms with Crippen LogP contribution in [0.1, 0.15) is 33.1 Å². The summed E-state index contributed by atoms with van der Waals surface area (Å²) in [5, 5.41) is 0. The molecule has 88 valence electrons. The Morgan fingerprint density at radius 3 is 2.56 bits per heavy atom. The number of aromatic nitrogens is 1. The van der Waals surface area contributed by atoms with E-state index in [2.05, 4.69) is 18.8 Å². The minimum atomic E-state index is 0.299. The van der Waals surface area contributed by atoms with Gasteiger partial charge in [-0.15, -0.1) is 0 Å². The number of anilines is 1. The van der Waals surface area contributed by atoms with Gasteiger partial charge in [-0.25, -0.2) is 4.98 Å². The van der Waals surface area contributed by atoms with Crippen LogP contribution in [0.4, 0.5) is 5.69 Å². The molecule has 16 heavy (non-hydrogen) atoms. The molecule has 1 aromatic heterocycles. The first-order valence-electron chi connectivity index (χ1n) is 6.01. The molecule has 0 amide bonds. The molecule has 2 unspecified atom stereocenters. The van der Waals surface area contributed by atoms with Crippen molar-refractivity contribution in [3.63, 3.8) is 0 Å². The lowest BCUT2D eigenvalue weighted by molar-refractivity contribution is 0.0968. The first-order valence-corrected chi connectivity index (χ1v) is 6.01. The summed E-state index contributed by atoms with van der Waals surface area (Å²) in [5.41, 5.74) is 6.41. The molecule has 3 heteroatoms. The second kappa shape index (κ2) is 4.73. The lowest BCUT2D eigenvalue weighted by Gasteiger charge is -2.31. The van der Waals surface area contributed by atoms with Crippen LogP contribution >= 0.6 is 0 Å². The van der Waals surface area contributed by atoms with Gasteiger partial charge in [-0.2, -0.15) is 0 Å². The molecule has 1 saturated carbocycles. The predicted molar refractivity (Wildman–Crippen MR) is 65.2 cm³/mol. The van der Waals surface area contributed by atoms with Crippen molar-refractivity contribution in [1.29, 1.82) is 0 Å². The van der Waals surface area contributed by atoms with E-state index in [4.69, 9.17) is 10.5 Å². The molecule has 0 radical (unpaired) electrons. The van der Waals surface area contributed by atoms with E-state index >= 15 is 0 Å². The smallest absolute Gasteiger partial charge is 0.215 e. The fraction of sp³-hybridized carbons (Fsp3) is 0.615. The first kappa shape index (κ1) is 11.2. The van der Waals surface area contributed by atoms with E-state index in [9.17, 15) is 0 Å². The lowest BCUT2D eigenvalue weighted by atomic mass is 9.82. The third kappa shape index (κ3) is 2.87. The topological polar surface area (TPSA) is 48.1 Å². The highest BCUT2D eigenvalue weighted by Gasteiger charge is 2.25. The molecule has 1 fully saturated rings. The number of rotatable bonds is 2. The van der Waals surface area contributed by atoms with Crippen molar-refractivity contribution in [3.8, 4) is 5.88 Å². The molecule has 0 bridgehead atoms. The van der Waals surface area contributed by atoms with Crippen molar-refractivity contribution in [2.45, 2.75) is 39.2 Å². The Hall–Kier alpha value is -1.25. The van der Waals surface area contributed by atoms with Gasteiger partial charge in [-0.1, -0.05) is 13.8 Å². The highest BCUT2D eigenvalue weighted by molar-refractivity contribution is 5.39. The van der Waals surface area contributed by atoms with Crippen LogP contribution < -0.4 is 10.5 Å². The van der Waals surface area contributed by atoms with Crippen molar-refractivity contribution < 1.29 is 4.74 Å². The SMILES string of the molecule is CC1CC(C)CC(Oc2cc(N)ccn2)C1. The molecule has 0 aliphatic heterocycles. The second-order valence-corrected chi connectivity index (χ2v) is 5.08. The first-order chi connectivity index (χ1) is 7.63. The summed E-state index contributed by atoms with van der Waals surface area (Å²) in [6, 6.07) is 3.57. The summed E-state index contributed by atoms with van der Waals surface area (Å²) in [6.45, 7) is 4.58. The third-order valence-electron chi connectivity index (χ3n) is 3.18. The Balaban J connectivity index is 1.98. The standard InChI is InChI=1S/C13H20N2O/c1-9-5-10(2)7-12(6-9)16-13-8-11(14)3-4-15-13/h3-4,8-10,12H,5-7H2,1-2H3,(H2,14,15). The molecule has 2 N–H and O–H groups in total. The van der Waals surface area contributed by atoms with Crippen molar-refractivity contribution in [2.75, 3.05) is 5.73 Å². The van der Waals surface area contributed by atoms with Gasteiger partial charge in [-0.05, 0) is 37.2 Å². The average molecular weight is 220 g/mol. The Kier molecular flexibility index (Phi) is 3.32. The maximum atomic E-state index is 5.89. The van der Waals surface area contributed by atoms with Crippen LogP contribution in [0.2, 0.25) is 0 Å². The van der Waals surface area contributed by atoms with Crippen molar-refractivity contribution in [2.24, 2.45) is 11.8 Å². The van der Waals surface area contributed by atoms with Gasteiger partial charge in [0.25, 0.3) is 0 Å². The van der Waals surface area contributed by atoms with Crippen LogP contribution in [0.25, 0.3) is 0 Å². The van der Waals surface area contributed by atoms with E-state index in [1.54, 1.807) is 18.3 Å². The maximum absolute atomic E-state index is 5.89. The minimum absolute atomic E-state index is 0.299. The van der Waals surface area contributed by atoms with Crippen LogP contribution in [-0.2, 0) is 0 Å². The molecule has 3 nitrogen and oxygen atoms in total. The normalized spacial score (nSPS) is 30.0. The Morgan fingerprint density at radius 2 is 1.94 bits per heavy atom. The summed E-state index contributed by atoms with van der Waals surface area (Å²) in [7, 11) is 0. The molecule has 1 aliphatic carbocycles. The van der Waals surface area contributed by atoms with Crippen LogP contribution in [0.15, 0.2) is 18.3 Å². The molecule has 0 aromatic carbocycles. The summed E-state index contributed by atoms with van der Waals surface area (Å²) in [6.07, 6.45) is 5.56. The van der Waals surface area contributed by atoms with Gasteiger partial charge in [0.2, 0.25) is 5.88 Å². The molecule has 2 rings (SSSR count). The molecule has 0 saturated heterocycles. The van der Waals surface area contributed by atoms with Gasteiger partial charge in [0.1, 0.15) is 6.10 Å². The highest BCUT2D eigenvalue weighted by Crippen LogP contribution is 2.30. The van der Waals surface area contributed by atoms with Crippen molar-refractivity contribution in [3.05, 3.63) is 18.3 Å². The number of nitrogens with two attached hydrogens (primary N) is 1. The van der Waals surface area contributed by atoms with Crippen LogP contribution in [-0.4, -0.2) is 11.1 Å². The molecule has 0 spiro atoms. The van der Waals surface area contributed by atoms with E-state index in [1.807, 2.05) is 0 Å².